The summed E-state index contributed by atoms with van der Waals surface area (Å²) in [4.78, 5) is 13.8. The van der Waals surface area contributed by atoms with Crippen LogP contribution in [-0.4, -0.2) is 57.4 Å². The Balaban J connectivity index is 1.94. The van der Waals surface area contributed by atoms with E-state index in [1.54, 1.807) is 6.33 Å². The van der Waals surface area contributed by atoms with Gasteiger partial charge in [-0.25, -0.2) is 14.6 Å². The zero-order chi connectivity index (χ0) is 15.9. The molecule has 1 fully saturated rings. The molecular weight excluding hydrogens is 276 g/mol. The van der Waals surface area contributed by atoms with Crippen LogP contribution < -0.4 is 4.90 Å². The molecule has 1 unspecified atom stereocenters. The highest BCUT2D eigenvalue weighted by molar-refractivity contribution is 5.87. The smallest absolute Gasteiger partial charge is 0.163 e. The normalized spacial score (nSPS) is 19.5. The maximum absolute atomic E-state index is 4.55. The Morgan fingerprint density at radius 2 is 2.09 bits per heavy atom. The summed E-state index contributed by atoms with van der Waals surface area (Å²) in [5.74, 6) is 1.02. The molecule has 2 aromatic rings. The van der Waals surface area contributed by atoms with Crippen LogP contribution in [0.15, 0.2) is 12.5 Å². The molecule has 1 aliphatic rings. The molecule has 1 aliphatic heterocycles. The topological polar surface area (TPSA) is 50.1 Å². The molecule has 1 saturated heterocycles. The van der Waals surface area contributed by atoms with Crippen molar-refractivity contribution in [3.63, 3.8) is 0 Å². The van der Waals surface area contributed by atoms with Gasteiger partial charge in [-0.2, -0.15) is 5.10 Å². The van der Waals surface area contributed by atoms with Crippen molar-refractivity contribution < 1.29 is 0 Å². The molecule has 22 heavy (non-hydrogen) atoms. The van der Waals surface area contributed by atoms with Gasteiger partial charge in [0.2, 0.25) is 0 Å². The van der Waals surface area contributed by atoms with E-state index in [0.29, 0.717) is 6.04 Å². The van der Waals surface area contributed by atoms with Crippen molar-refractivity contribution in [2.24, 2.45) is 0 Å². The molecule has 0 saturated carbocycles. The Morgan fingerprint density at radius 1 is 1.32 bits per heavy atom. The van der Waals surface area contributed by atoms with E-state index in [9.17, 15) is 0 Å². The molecule has 2 aromatic heterocycles. The fourth-order valence-corrected chi connectivity index (χ4v) is 3.13. The van der Waals surface area contributed by atoms with E-state index >= 15 is 0 Å². The van der Waals surface area contributed by atoms with Gasteiger partial charge < -0.3 is 9.80 Å². The van der Waals surface area contributed by atoms with E-state index in [0.717, 1.165) is 36.5 Å². The van der Waals surface area contributed by atoms with E-state index in [1.165, 1.54) is 6.42 Å². The molecule has 0 spiro atoms. The number of hydrogen-bond acceptors (Lipinski definition) is 5. The average molecular weight is 302 g/mol. The van der Waals surface area contributed by atoms with Crippen LogP contribution >= 0.6 is 0 Å². The number of nitrogens with zero attached hydrogens (tertiary/aromatic N) is 6. The van der Waals surface area contributed by atoms with Gasteiger partial charge in [-0.1, -0.05) is 6.92 Å². The van der Waals surface area contributed by atoms with Gasteiger partial charge in [-0.15, -0.1) is 0 Å². The van der Waals surface area contributed by atoms with Crippen molar-refractivity contribution in [1.82, 2.24) is 24.6 Å². The van der Waals surface area contributed by atoms with Crippen LogP contribution in [0.1, 0.15) is 34.1 Å². The van der Waals surface area contributed by atoms with Crippen LogP contribution in [0.2, 0.25) is 0 Å². The fraction of sp³-hybridized carbons (Fsp3) is 0.688. The first-order chi connectivity index (χ1) is 10.4. The monoisotopic (exact) mass is 302 g/mol. The summed E-state index contributed by atoms with van der Waals surface area (Å²) >= 11 is 0. The van der Waals surface area contributed by atoms with Gasteiger partial charge in [-0.05, 0) is 40.8 Å². The van der Waals surface area contributed by atoms with E-state index in [4.69, 9.17) is 0 Å². The van der Waals surface area contributed by atoms with Crippen molar-refractivity contribution in [3.05, 3.63) is 12.5 Å². The molecule has 0 aromatic carbocycles. The summed E-state index contributed by atoms with van der Waals surface area (Å²) in [7, 11) is 2.20. The average Bonchev–Trinajstić information content (AvgIpc) is 3.12. The van der Waals surface area contributed by atoms with Crippen LogP contribution in [0.4, 0.5) is 5.82 Å². The number of aromatic nitrogens is 4. The van der Waals surface area contributed by atoms with E-state index < -0.39 is 0 Å². The van der Waals surface area contributed by atoms with E-state index in [1.807, 2.05) is 10.9 Å². The molecule has 0 amide bonds. The maximum Gasteiger partial charge on any atom is 0.163 e. The third-order valence-corrected chi connectivity index (χ3v) is 4.57. The minimum atomic E-state index is -0.0800. The molecule has 1 atom stereocenters. The number of rotatable bonds is 3. The van der Waals surface area contributed by atoms with Crippen molar-refractivity contribution in [2.75, 3.05) is 31.6 Å². The van der Waals surface area contributed by atoms with Crippen LogP contribution in [0.25, 0.3) is 11.0 Å². The highest BCUT2D eigenvalue weighted by Gasteiger charge is 2.28. The largest absolute Gasteiger partial charge is 0.354 e. The Bertz CT molecular complexity index is 656. The van der Waals surface area contributed by atoms with Gasteiger partial charge >= 0.3 is 0 Å². The Hall–Kier alpha value is -1.69. The van der Waals surface area contributed by atoms with Gasteiger partial charge in [0.15, 0.2) is 5.65 Å². The molecule has 0 bridgehead atoms. The number of likely N-dealkylation sites (N-methyl/N-ethyl adjacent to an activating group) is 1. The zero-order valence-corrected chi connectivity index (χ0v) is 14.2. The second-order valence-corrected chi connectivity index (χ2v) is 7.12. The second kappa shape index (κ2) is 5.50. The van der Waals surface area contributed by atoms with Crippen LogP contribution in [0, 0.1) is 0 Å². The minimum Gasteiger partial charge on any atom is -0.354 e. The Labute approximate surface area is 132 Å². The maximum atomic E-state index is 4.55. The van der Waals surface area contributed by atoms with Crippen LogP contribution in [0.5, 0.6) is 0 Å². The third kappa shape index (κ3) is 2.56. The molecule has 6 heteroatoms. The summed E-state index contributed by atoms with van der Waals surface area (Å²) in [5.41, 5.74) is 0.841. The predicted octanol–water partition coefficient (Wildman–Crippen LogP) is 2.11. The Morgan fingerprint density at radius 3 is 2.77 bits per heavy atom. The molecule has 6 nitrogen and oxygen atoms in total. The molecule has 3 heterocycles. The standard InChI is InChI=1S/C16H26N6/c1-6-20(5)12-7-8-21(10-12)14-13-9-19-22(16(2,3)4)15(13)18-11-17-14/h9,11-12H,6-8,10H2,1-5H3. The molecule has 0 aliphatic carbocycles. The molecule has 0 radical (unpaired) electrons. The highest BCUT2D eigenvalue weighted by atomic mass is 15.3. The number of hydrogen-bond donors (Lipinski definition) is 0. The summed E-state index contributed by atoms with van der Waals surface area (Å²) < 4.78 is 1.99. The van der Waals surface area contributed by atoms with Crippen molar-refractivity contribution in [1.29, 1.82) is 0 Å². The first kappa shape index (κ1) is 15.2. The molecule has 0 N–H and O–H groups in total. The first-order valence-corrected chi connectivity index (χ1v) is 8.06. The highest BCUT2D eigenvalue weighted by Crippen LogP contribution is 2.29. The first-order valence-electron chi connectivity index (χ1n) is 8.06. The quantitative estimate of drug-likeness (QED) is 0.869. The van der Waals surface area contributed by atoms with Gasteiger partial charge in [0.05, 0.1) is 17.1 Å². The van der Waals surface area contributed by atoms with Crippen molar-refractivity contribution in [2.45, 2.75) is 45.7 Å². The van der Waals surface area contributed by atoms with Gasteiger partial charge in [0, 0.05) is 19.1 Å². The molecular formula is C16H26N6. The third-order valence-electron chi connectivity index (χ3n) is 4.57. The van der Waals surface area contributed by atoms with Gasteiger partial charge in [-0.3, -0.25) is 0 Å². The lowest BCUT2D eigenvalue weighted by Gasteiger charge is -2.24. The van der Waals surface area contributed by atoms with Crippen molar-refractivity contribution in [3.8, 4) is 0 Å². The SMILES string of the molecule is CCN(C)C1CCN(c2ncnc3c2cnn3C(C)(C)C)C1. The van der Waals surface area contributed by atoms with Crippen molar-refractivity contribution >= 4 is 16.9 Å². The lowest BCUT2D eigenvalue weighted by Crippen LogP contribution is -2.34. The van der Waals surface area contributed by atoms with Crippen LogP contribution in [-0.2, 0) is 5.54 Å². The molecule has 120 valence electrons. The fourth-order valence-electron chi connectivity index (χ4n) is 3.13. The minimum absolute atomic E-state index is 0.0800. The lowest BCUT2D eigenvalue weighted by atomic mass is 10.1. The summed E-state index contributed by atoms with van der Waals surface area (Å²) in [6, 6.07) is 0.604. The van der Waals surface area contributed by atoms with E-state index in [2.05, 4.69) is 59.6 Å². The van der Waals surface area contributed by atoms with E-state index in [-0.39, 0.29) is 5.54 Å². The summed E-state index contributed by atoms with van der Waals surface area (Å²) in [6.07, 6.45) is 4.76. The second-order valence-electron chi connectivity index (χ2n) is 7.12. The molecule has 3 rings (SSSR count). The van der Waals surface area contributed by atoms with Gasteiger partial charge in [0.1, 0.15) is 12.1 Å². The van der Waals surface area contributed by atoms with Crippen LogP contribution in [0.3, 0.4) is 0 Å². The summed E-state index contributed by atoms with van der Waals surface area (Å²) in [5, 5.41) is 5.60. The zero-order valence-electron chi connectivity index (χ0n) is 14.2. The predicted molar refractivity (Wildman–Crippen MR) is 89.2 cm³/mol. The summed E-state index contributed by atoms with van der Waals surface area (Å²) in [6.45, 7) is 11.8. The lowest BCUT2D eigenvalue weighted by molar-refractivity contribution is 0.272. The number of anilines is 1. The van der Waals surface area contributed by atoms with Gasteiger partial charge in [0.25, 0.3) is 0 Å². The number of fused-ring (bicyclic) bond motifs is 1. The Kier molecular flexibility index (Phi) is 3.80.